The molecular weight excluding hydrogens is 310 g/mol. The number of hydrogen-bond donors (Lipinski definition) is 1. The van der Waals surface area contributed by atoms with E-state index in [-0.39, 0.29) is 11.9 Å². The molecule has 112 valence electrons. The highest BCUT2D eigenvalue weighted by Crippen LogP contribution is 2.25. The lowest BCUT2D eigenvalue weighted by Gasteiger charge is -2.19. The van der Waals surface area contributed by atoms with Crippen molar-refractivity contribution >= 4 is 23.2 Å². The van der Waals surface area contributed by atoms with Crippen molar-refractivity contribution in [1.29, 1.82) is 0 Å². The van der Waals surface area contributed by atoms with E-state index in [1.54, 1.807) is 18.2 Å². The lowest BCUT2D eigenvalue weighted by Crippen LogP contribution is -2.25. The Bertz CT molecular complexity index is 587. The third kappa shape index (κ3) is 4.67. The number of nitrogens with one attached hydrogen (secondary N) is 1. The first-order chi connectivity index (χ1) is 10.1. The first-order valence-corrected chi connectivity index (χ1v) is 7.64. The van der Waals surface area contributed by atoms with E-state index in [1.165, 1.54) is 12.3 Å². The Hall–Kier alpha value is -1.16. The standard InChI is InChI=1S/C16H17Cl2FN2/c1-2-7-20-16(15-6-4-13(19)10-21-15)9-11-8-12(17)3-5-14(11)18/h3-6,8,10,16,20H,2,7,9H2,1H3. The molecule has 5 heteroatoms. The summed E-state index contributed by atoms with van der Waals surface area (Å²) in [5.74, 6) is -0.339. The summed E-state index contributed by atoms with van der Waals surface area (Å²) in [6, 6.07) is 8.49. The molecule has 2 aromatic rings. The fourth-order valence-corrected chi connectivity index (χ4v) is 2.50. The zero-order chi connectivity index (χ0) is 15.2. The van der Waals surface area contributed by atoms with E-state index in [4.69, 9.17) is 23.2 Å². The molecule has 21 heavy (non-hydrogen) atoms. The van der Waals surface area contributed by atoms with E-state index in [0.29, 0.717) is 16.5 Å². The highest BCUT2D eigenvalue weighted by molar-refractivity contribution is 6.33. The van der Waals surface area contributed by atoms with Crippen LogP contribution < -0.4 is 5.32 Å². The molecule has 0 aliphatic rings. The van der Waals surface area contributed by atoms with E-state index in [1.807, 2.05) is 6.07 Å². The maximum Gasteiger partial charge on any atom is 0.141 e. The van der Waals surface area contributed by atoms with Gasteiger partial charge in [0.2, 0.25) is 0 Å². The maximum absolute atomic E-state index is 13.0. The van der Waals surface area contributed by atoms with Gasteiger partial charge >= 0.3 is 0 Å². The van der Waals surface area contributed by atoms with Crippen LogP contribution in [0.5, 0.6) is 0 Å². The van der Waals surface area contributed by atoms with Gasteiger partial charge in [-0.2, -0.15) is 0 Å². The summed E-state index contributed by atoms with van der Waals surface area (Å²) in [6.07, 6.45) is 2.88. The molecule has 0 bridgehead atoms. The average molecular weight is 327 g/mol. The van der Waals surface area contributed by atoms with Crippen LogP contribution in [0, 0.1) is 5.82 Å². The molecule has 0 amide bonds. The molecule has 1 aromatic carbocycles. The second kappa shape index (κ2) is 7.74. The highest BCUT2D eigenvalue weighted by atomic mass is 35.5. The zero-order valence-electron chi connectivity index (χ0n) is 11.7. The molecule has 0 radical (unpaired) electrons. The minimum atomic E-state index is -0.339. The Labute approximate surface area is 134 Å². The number of nitrogens with zero attached hydrogens (tertiary/aromatic N) is 1. The first-order valence-electron chi connectivity index (χ1n) is 6.89. The molecule has 1 N–H and O–H groups in total. The van der Waals surface area contributed by atoms with Crippen LogP contribution in [0.3, 0.4) is 0 Å². The van der Waals surface area contributed by atoms with Crippen LogP contribution in [0.25, 0.3) is 0 Å². The third-order valence-corrected chi connectivity index (χ3v) is 3.78. The van der Waals surface area contributed by atoms with Crippen molar-refractivity contribution in [1.82, 2.24) is 10.3 Å². The fourth-order valence-electron chi connectivity index (χ4n) is 2.11. The van der Waals surface area contributed by atoms with Gasteiger partial charge in [0, 0.05) is 10.0 Å². The van der Waals surface area contributed by atoms with Gasteiger partial charge in [0.05, 0.1) is 17.9 Å². The molecule has 0 aliphatic heterocycles. The van der Waals surface area contributed by atoms with Gasteiger partial charge < -0.3 is 5.32 Å². The average Bonchev–Trinajstić information content (AvgIpc) is 2.48. The van der Waals surface area contributed by atoms with Gasteiger partial charge in [0.1, 0.15) is 5.82 Å². The molecule has 0 fully saturated rings. The van der Waals surface area contributed by atoms with Crippen LogP contribution in [0.2, 0.25) is 10.0 Å². The van der Waals surface area contributed by atoms with Crippen molar-refractivity contribution in [3.05, 3.63) is 63.6 Å². The largest absolute Gasteiger partial charge is 0.308 e. The number of pyridine rings is 1. The number of hydrogen-bond acceptors (Lipinski definition) is 2. The Morgan fingerprint density at radius 3 is 2.71 bits per heavy atom. The molecule has 0 saturated carbocycles. The Morgan fingerprint density at radius 2 is 2.05 bits per heavy atom. The van der Waals surface area contributed by atoms with Crippen molar-refractivity contribution in [3.8, 4) is 0 Å². The van der Waals surface area contributed by atoms with Crippen molar-refractivity contribution in [2.75, 3.05) is 6.54 Å². The van der Waals surface area contributed by atoms with Gasteiger partial charge in [-0.3, -0.25) is 4.98 Å². The van der Waals surface area contributed by atoms with E-state index in [9.17, 15) is 4.39 Å². The minimum absolute atomic E-state index is 0.0264. The molecular formula is C16H17Cl2FN2. The van der Waals surface area contributed by atoms with Gasteiger partial charge in [-0.05, 0) is 55.3 Å². The van der Waals surface area contributed by atoms with Crippen LogP contribution in [-0.2, 0) is 6.42 Å². The monoisotopic (exact) mass is 326 g/mol. The van der Waals surface area contributed by atoms with Crippen LogP contribution in [-0.4, -0.2) is 11.5 Å². The van der Waals surface area contributed by atoms with E-state index in [0.717, 1.165) is 24.2 Å². The second-order valence-corrected chi connectivity index (χ2v) is 5.69. The molecule has 1 heterocycles. The van der Waals surface area contributed by atoms with Gasteiger partial charge in [0.25, 0.3) is 0 Å². The Balaban J connectivity index is 2.23. The van der Waals surface area contributed by atoms with Crippen LogP contribution in [0.15, 0.2) is 36.5 Å². The summed E-state index contributed by atoms with van der Waals surface area (Å²) in [7, 11) is 0. The third-order valence-electron chi connectivity index (χ3n) is 3.18. The van der Waals surface area contributed by atoms with Crippen LogP contribution in [0.1, 0.15) is 30.6 Å². The predicted octanol–water partition coefficient (Wildman–Crippen LogP) is 4.81. The first kappa shape index (κ1) is 16.2. The summed E-state index contributed by atoms with van der Waals surface area (Å²) in [4.78, 5) is 4.17. The lowest BCUT2D eigenvalue weighted by molar-refractivity contribution is 0.514. The number of aromatic nitrogens is 1. The molecule has 0 aliphatic carbocycles. The second-order valence-electron chi connectivity index (χ2n) is 4.85. The SMILES string of the molecule is CCCNC(Cc1cc(Cl)ccc1Cl)c1ccc(F)cn1. The van der Waals surface area contributed by atoms with Crippen molar-refractivity contribution < 1.29 is 4.39 Å². The number of benzene rings is 1. The minimum Gasteiger partial charge on any atom is -0.308 e. The Morgan fingerprint density at radius 1 is 1.24 bits per heavy atom. The van der Waals surface area contributed by atoms with Crippen molar-refractivity contribution in [3.63, 3.8) is 0 Å². The van der Waals surface area contributed by atoms with Gasteiger partial charge in [0.15, 0.2) is 0 Å². The maximum atomic E-state index is 13.0. The van der Waals surface area contributed by atoms with E-state index < -0.39 is 0 Å². The predicted molar refractivity (Wildman–Crippen MR) is 85.4 cm³/mol. The summed E-state index contributed by atoms with van der Waals surface area (Å²) in [5.41, 5.74) is 1.74. The normalized spacial score (nSPS) is 12.4. The summed E-state index contributed by atoms with van der Waals surface area (Å²) in [6.45, 7) is 2.94. The molecule has 1 aromatic heterocycles. The molecule has 0 saturated heterocycles. The number of halogens is 3. The van der Waals surface area contributed by atoms with E-state index in [2.05, 4.69) is 17.2 Å². The topological polar surface area (TPSA) is 24.9 Å². The van der Waals surface area contributed by atoms with Crippen molar-refractivity contribution in [2.45, 2.75) is 25.8 Å². The molecule has 1 unspecified atom stereocenters. The smallest absolute Gasteiger partial charge is 0.141 e. The molecule has 0 spiro atoms. The fraction of sp³-hybridized carbons (Fsp3) is 0.312. The lowest BCUT2D eigenvalue weighted by atomic mass is 10.0. The summed E-state index contributed by atoms with van der Waals surface area (Å²) in [5, 5.41) is 4.73. The molecule has 1 atom stereocenters. The number of rotatable bonds is 6. The zero-order valence-corrected chi connectivity index (χ0v) is 13.3. The highest BCUT2D eigenvalue weighted by Gasteiger charge is 2.15. The van der Waals surface area contributed by atoms with Gasteiger partial charge in [-0.15, -0.1) is 0 Å². The van der Waals surface area contributed by atoms with E-state index >= 15 is 0 Å². The van der Waals surface area contributed by atoms with Gasteiger partial charge in [-0.25, -0.2) is 4.39 Å². The van der Waals surface area contributed by atoms with Crippen LogP contribution >= 0.6 is 23.2 Å². The van der Waals surface area contributed by atoms with Crippen molar-refractivity contribution in [2.24, 2.45) is 0 Å². The summed E-state index contributed by atoms with van der Waals surface area (Å²) >= 11 is 12.2. The summed E-state index contributed by atoms with van der Waals surface area (Å²) < 4.78 is 13.0. The van der Waals surface area contributed by atoms with Gasteiger partial charge in [-0.1, -0.05) is 30.1 Å². The molecule has 2 nitrogen and oxygen atoms in total. The van der Waals surface area contributed by atoms with Crippen LogP contribution in [0.4, 0.5) is 4.39 Å². The quantitative estimate of drug-likeness (QED) is 0.823. The Kier molecular flexibility index (Phi) is 5.97. The molecule has 2 rings (SSSR count).